The van der Waals surface area contributed by atoms with Crippen molar-refractivity contribution in [1.29, 1.82) is 0 Å². The summed E-state index contributed by atoms with van der Waals surface area (Å²) in [6.45, 7) is 8.85. The molecule has 146 valence electrons. The van der Waals surface area contributed by atoms with Crippen LogP contribution in [0.2, 0.25) is 0 Å². The fourth-order valence-corrected chi connectivity index (χ4v) is 3.99. The van der Waals surface area contributed by atoms with E-state index in [0.717, 1.165) is 23.6 Å². The first kappa shape index (κ1) is 19.7. The first-order valence-electron chi connectivity index (χ1n) is 9.47. The lowest BCUT2D eigenvalue weighted by molar-refractivity contribution is 0.00991. The summed E-state index contributed by atoms with van der Waals surface area (Å²) in [5.41, 5.74) is 4.81. The van der Waals surface area contributed by atoms with Gasteiger partial charge in [-0.2, -0.15) is 0 Å². The Morgan fingerprint density at radius 2 is 1.74 bits per heavy atom. The molecule has 0 saturated heterocycles. The van der Waals surface area contributed by atoms with Gasteiger partial charge in [-0.25, -0.2) is 0 Å². The third-order valence-corrected chi connectivity index (χ3v) is 5.43. The minimum atomic E-state index is 0.0970. The predicted octanol–water partition coefficient (Wildman–Crippen LogP) is 4.75. The number of nitrogens with zero attached hydrogens (tertiary/aromatic N) is 1. The van der Waals surface area contributed by atoms with E-state index in [1.54, 1.807) is 14.2 Å². The maximum absolute atomic E-state index is 6.16. The first-order valence-corrected chi connectivity index (χ1v) is 9.47. The van der Waals surface area contributed by atoms with Gasteiger partial charge in [-0.05, 0) is 35.2 Å². The number of methoxy groups -OCH3 is 2. The van der Waals surface area contributed by atoms with Gasteiger partial charge in [0.2, 0.25) is 0 Å². The van der Waals surface area contributed by atoms with Crippen LogP contribution in [0.1, 0.15) is 31.9 Å². The van der Waals surface area contributed by atoms with Crippen LogP contribution in [0.5, 0.6) is 11.5 Å². The van der Waals surface area contributed by atoms with Gasteiger partial charge in [-0.3, -0.25) is 4.90 Å². The molecule has 1 aliphatic heterocycles. The van der Waals surface area contributed by atoms with Crippen LogP contribution in [0, 0.1) is 5.41 Å². The standard InChI is InChI=1S/C23H31NO3/c1-23(2,3)21-15-27-14-16-9-7-8-10-17(16)18-11-12-20(25-5)22(26-6)19(18)13-24(21)4/h7-12,21H,13-15H2,1-6H3/t21-/m1/s1. The molecule has 0 fully saturated rings. The highest BCUT2D eigenvalue weighted by Gasteiger charge is 2.31. The maximum Gasteiger partial charge on any atom is 0.165 e. The van der Waals surface area contributed by atoms with Crippen molar-refractivity contribution in [2.24, 2.45) is 5.41 Å². The van der Waals surface area contributed by atoms with Gasteiger partial charge in [0.25, 0.3) is 0 Å². The smallest absolute Gasteiger partial charge is 0.165 e. The lowest BCUT2D eigenvalue weighted by atomic mass is 9.85. The maximum atomic E-state index is 6.16. The number of benzene rings is 2. The molecular formula is C23H31NO3. The summed E-state index contributed by atoms with van der Waals surface area (Å²) in [6, 6.07) is 12.9. The highest BCUT2D eigenvalue weighted by Crippen LogP contribution is 2.41. The summed E-state index contributed by atoms with van der Waals surface area (Å²) in [5.74, 6) is 1.58. The molecule has 0 bridgehead atoms. The molecule has 2 aromatic rings. The van der Waals surface area contributed by atoms with Crippen molar-refractivity contribution in [3.63, 3.8) is 0 Å². The fourth-order valence-electron chi connectivity index (χ4n) is 3.99. The highest BCUT2D eigenvalue weighted by atomic mass is 16.5. The van der Waals surface area contributed by atoms with Crippen LogP contribution in [0.25, 0.3) is 11.1 Å². The zero-order valence-electron chi connectivity index (χ0n) is 17.3. The molecule has 3 rings (SSSR count). The molecule has 1 heterocycles. The minimum absolute atomic E-state index is 0.0970. The Bertz CT molecular complexity index is 795. The molecule has 0 spiro atoms. The van der Waals surface area contributed by atoms with Gasteiger partial charge in [-0.1, -0.05) is 51.1 Å². The van der Waals surface area contributed by atoms with Crippen LogP contribution >= 0.6 is 0 Å². The molecule has 2 aromatic carbocycles. The summed E-state index contributed by atoms with van der Waals surface area (Å²) in [6.07, 6.45) is 0. The van der Waals surface area contributed by atoms with Gasteiger partial charge >= 0.3 is 0 Å². The normalized spacial score (nSPS) is 18.4. The molecule has 4 heteroatoms. The van der Waals surface area contributed by atoms with E-state index < -0.39 is 0 Å². The molecule has 4 nitrogen and oxygen atoms in total. The molecule has 1 atom stereocenters. The van der Waals surface area contributed by atoms with Crippen molar-refractivity contribution < 1.29 is 14.2 Å². The molecule has 0 aromatic heterocycles. The van der Waals surface area contributed by atoms with Crippen molar-refractivity contribution >= 4 is 0 Å². The number of ether oxygens (including phenoxy) is 3. The molecule has 0 amide bonds. The molecular weight excluding hydrogens is 338 g/mol. The topological polar surface area (TPSA) is 30.9 Å². The summed E-state index contributed by atoms with van der Waals surface area (Å²) >= 11 is 0. The Labute approximate surface area is 163 Å². The van der Waals surface area contributed by atoms with E-state index in [-0.39, 0.29) is 11.5 Å². The molecule has 0 radical (unpaired) electrons. The monoisotopic (exact) mass is 369 g/mol. The SMILES string of the molecule is COc1ccc2c(c1OC)CN(C)[C@@H](C(C)(C)C)COCc1ccccc1-2. The van der Waals surface area contributed by atoms with E-state index in [4.69, 9.17) is 14.2 Å². The second-order valence-electron chi connectivity index (χ2n) is 8.30. The third kappa shape index (κ3) is 3.97. The van der Waals surface area contributed by atoms with Crippen molar-refractivity contribution in [3.8, 4) is 22.6 Å². The fraction of sp³-hybridized carbons (Fsp3) is 0.478. The van der Waals surface area contributed by atoms with Crippen LogP contribution in [0.4, 0.5) is 0 Å². The van der Waals surface area contributed by atoms with Crippen molar-refractivity contribution in [2.75, 3.05) is 27.9 Å². The van der Waals surface area contributed by atoms with E-state index in [1.807, 2.05) is 6.07 Å². The molecule has 0 N–H and O–H groups in total. The summed E-state index contributed by atoms with van der Waals surface area (Å²) in [7, 11) is 5.57. The molecule has 1 aliphatic rings. The lowest BCUT2D eigenvalue weighted by Crippen LogP contribution is -2.45. The zero-order valence-corrected chi connectivity index (χ0v) is 17.3. The Hall–Kier alpha value is -2.04. The Kier molecular flexibility index (Phi) is 5.78. The van der Waals surface area contributed by atoms with E-state index in [0.29, 0.717) is 13.2 Å². The van der Waals surface area contributed by atoms with Gasteiger partial charge in [0.15, 0.2) is 11.5 Å². The largest absolute Gasteiger partial charge is 0.493 e. The van der Waals surface area contributed by atoms with Crippen molar-refractivity contribution in [3.05, 3.63) is 47.5 Å². The van der Waals surface area contributed by atoms with Gasteiger partial charge in [0.1, 0.15) is 0 Å². The van der Waals surface area contributed by atoms with Crippen molar-refractivity contribution in [2.45, 2.75) is 40.0 Å². The number of rotatable bonds is 2. The van der Waals surface area contributed by atoms with Crippen LogP contribution in [0.3, 0.4) is 0 Å². The third-order valence-electron chi connectivity index (χ3n) is 5.43. The molecule has 0 aliphatic carbocycles. The number of likely N-dealkylation sites (N-methyl/N-ethyl adjacent to an activating group) is 1. The number of fused-ring (bicyclic) bond motifs is 3. The first-order chi connectivity index (χ1) is 12.9. The highest BCUT2D eigenvalue weighted by molar-refractivity contribution is 5.75. The summed E-state index contributed by atoms with van der Waals surface area (Å²) in [5, 5.41) is 0. The molecule has 27 heavy (non-hydrogen) atoms. The van der Waals surface area contributed by atoms with E-state index in [9.17, 15) is 0 Å². The summed E-state index contributed by atoms with van der Waals surface area (Å²) in [4.78, 5) is 2.37. The van der Waals surface area contributed by atoms with E-state index in [1.165, 1.54) is 16.7 Å². The minimum Gasteiger partial charge on any atom is -0.493 e. The van der Waals surface area contributed by atoms with Crippen LogP contribution < -0.4 is 9.47 Å². The predicted molar refractivity (Wildman–Crippen MR) is 109 cm³/mol. The lowest BCUT2D eigenvalue weighted by Gasteiger charge is -2.39. The Morgan fingerprint density at radius 3 is 2.41 bits per heavy atom. The average Bonchev–Trinajstić information content (AvgIpc) is 2.63. The van der Waals surface area contributed by atoms with Crippen LogP contribution in [-0.4, -0.2) is 38.8 Å². The second-order valence-corrected chi connectivity index (χ2v) is 8.30. The quantitative estimate of drug-likeness (QED) is 0.764. The second kappa shape index (κ2) is 7.91. The van der Waals surface area contributed by atoms with Gasteiger partial charge < -0.3 is 14.2 Å². The summed E-state index contributed by atoms with van der Waals surface area (Å²) < 4.78 is 17.5. The van der Waals surface area contributed by atoms with E-state index >= 15 is 0 Å². The molecule has 0 saturated carbocycles. The van der Waals surface area contributed by atoms with Crippen LogP contribution in [-0.2, 0) is 17.9 Å². The molecule has 0 unspecified atom stereocenters. The number of hydrogen-bond acceptors (Lipinski definition) is 4. The average molecular weight is 370 g/mol. The Balaban J connectivity index is 2.21. The van der Waals surface area contributed by atoms with Gasteiger partial charge in [0, 0.05) is 18.2 Å². The van der Waals surface area contributed by atoms with Gasteiger partial charge in [0.05, 0.1) is 27.4 Å². The number of hydrogen-bond donors (Lipinski definition) is 0. The van der Waals surface area contributed by atoms with Crippen LogP contribution in [0.15, 0.2) is 36.4 Å². The Morgan fingerprint density at radius 1 is 1.00 bits per heavy atom. The zero-order chi connectivity index (χ0) is 19.6. The van der Waals surface area contributed by atoms with Crippen molar-refractivity contribution in [1.82, 2.24) is 4.90 Å². The van der Waals surface area contributed by atoms with E-state index in [2.05, 4.69) is 63.1 Å². The van der Waals surface area contributed by atoms with Gasteiger partial charge in [-0.15, -0.1) is 0 Å².